The summed E-state index contributed by atoms with van der Waals surface area (Å²) >= 11 is 0. The molecule has 4 rings (SSSR count). The Bertz CT molecular complexity index is 1060. The van der Waals surface area contributed by atoms with Gasteiger partial charge in [-0.05, 0) is 48.4 Å². The van der Waals surface area contributed by atoms with Crippen molar-refractivity contribution in [3.8, 4) is 11.1 Å². The summed E-state index contributed by atoms with van der Waals surface area (Å²) in [6.07, 6.45) is 3.54. The molecule has 2 aliphatic rings. The van der Waals surface area contributed by atoms with Crippen LogP contribution in [-0.4, -0.2) is 40.8 Å². The van der Waals surface area contributed by atoms with E-state index in [0.717, 1.165) is 35.1 Å². The van der Waals surface area contributed by atoms with Crippen molar-refractivity contribution >= 4 is 18.0 Å². The van der Waals surface area contributed by atoms with E-state index in [0.29, 0.717) is 25.7 Å². The number of ether oxygens (including phenoxy) is 1. The summed E-state index contributed by atoms with van der Waals surface area (Å²) in [6, 6.07) is 16.3. The molecule has 1 fully saturated rings. The topological polar surface area (TPSA) is 105 Å². The molecule has 0 bridgehead atoms. The molecular weight excluding hydrogens is 444 g/mol. The van der Waals surface area contributed by atoms with Crippen molar-refractivity contribution in [2.45, 2.75) is 75.8 Å². The number of fused-ring (bicyclic) bond motifs is 3. The summed E-state index contributed by atoms with van der Waals surface area (Å²) in [6.45, 7) is 3.61. The number of hydrogen-bond donors (Lipinski definition) is 3. The number of benzene rings is 2. The lowest BCUT2D eigenvalue weighted by molar-refractivity contribution is -0.147. The molecule has 1 atom stereocenters. The second kappa shape index (κ2) is 10.1. The maximum Gasteiger partial charge on any atom is 0.407 e. The van der Waals surface area contributed by atoms with Crippen LogP contribution in [0.2, 0.25) is 0 Å². The molecule has 7 heteroatoms. The molecule has 0 radical (unpaired) electrons. The van der Waals surface area contributed by atoms with E-state index in [1.165, 1.54) is 6.92 Å². The summed E-state index contributed by atoms with van der Waals surface area (Å²) in [5, 5.41) is 15.3. The second-order valence-corrected chi connectivity index (χ2v) is 10.1. The third-order valence-electron chi connectivity index (χ3n) is 7.41. The Labute approximate surface area is 206 Å². The highest BCUT2D eigenvalue weighted by molar-refractivity contribution is 5.87. The fraction of sp³-hybridized carbons (Fsp3) is 0.464. The van der Waals surface area contributed by atoms with Gasteiger partial charge in [-0.1, -0.05) is 74.7 Å². The molecule has 3 N–H and O–H groups in total. The zero-order valence-corrected chi connectivity index (χ0v) is 20.4. The van der Waals surface area contributed by atoms with E-state index in [4.69, 9.17) is 4.74 Å². The Balaban J connectivity index is 1.41. The Morgan fingerprint density at radius 1 is 1.03 bits per heavy atom. The lowest BCUT2D eigenvalue weighted by Crippen LogP contribution is -2.56. The van der Waals surface area contributed by atoms with E-state index < -0.39 is 23.1 Å². The third-order valence-corrected chi connectivity index (χ3v) is 7.41. The Hall–Kier alpha value is -3.35. The number of rotatable bonds is 9. The van der Waals surface area contributed by atoms with E-state index in [2.05, 4.69) is 34.9 Å². The smallest absolute Gasteiger partial charge is 0.407 e. The summed E-state index contributed by atoms with van der Waals surface area (Å²) in [5.74, 6) is -1.47. The molecule has 35 heavy (non-hydrogen) atoms. The van der Waals surface area contributed by atoms with E-state index in [1.54, 1.807) is 0 Å². The molecule has 0 heterocycles. The fourth-order valence-electron chi connectivity index (χ4n) is 5.63. The van der Waals surface area contributed by atoms with Crippen LogP contribution in [-0.2, 0) is 14.3 Å². The van der Waals surface area contributed by atoms with Crippen LogP contribution < -0.4 is 10.6 Å². The highest BCUT2D eigenvalue weighted by atomic mass is 16.5. The van der Waals surface area contributed by atoms with Crippen LogP contribution >= 0.6 is 0 Å². The van der Waals surface area contributed by atoms with Gasteiger partial charge < -0.3 is 20.5 Å². The molecule has 0 saturated heterocycles. The third kappa shape index (κ3) is 5.19. The first-order valence-electron chi connectivity index (χ1n) is 12.4. The number of carbonyl (C=O) groups excluding carboxylic acids is 2. The maximum absolute atomic E-state index is 12.9. The molecule has 1 unspecified atom stereocenters. The van der Waals surface area contributed by atoms with Gasteiger partial charge in [0.05, 0.1) is 5.54 Å². The molecule has 0 aromatic heterocycles. The van der Waals surface area contributed by atoms with E-state index in [1.807, 2.05) is 31.2 Å². The normalized spacial score (nSPS) is 17.7. The molecular formula is C28H34N2O5. The SMILES string of the molecule is CCCC(C)(NC(=O)CC1(NC(=O)OCC2c3ccccc3-c3ccccc32)CCCC1)C(=O)O. The molecule has 2 amide bonds. The minimum atomic E-state index is -1.32. The monoisotopic (exact) mass is 478 g/mol. The van der Waals surface area contributed by atoms with Crippen molar-refractivity contribution in [3.63, 3.8) is 0 Å². The van der Waals surface area contributed by atoms with Crippen LogP contribution in [0.3, 0.4) is 0 Å². The first-order chi connectivity index (χ1) is 16.8. The van der Waals surface area contributed by atoms with Crippen LogP contribution in [0.15, 0.2) is 48.5 Å². The predicted octanol–water partition coefficient (Wildman–Crippen LogP) is 4.99. The summed E-state index contributed by atoms with van der Waals surface area (Å²) in [7, 11) is 0. The highest BCUT2D eigenvalue weighted by Gasteiger charge is 2.41. The molecule has 2 aromatic rings. The van der Waals surface area contributed by atoms with Crippen LogP contribution in [0.1, 0.15) is 75.8 Å². The number of hydrogen-bond acceptors (Lipinski definition) is 4. The zero-order valence-electron chi connectivity index (χ0n) is 20.4. The van der Waals surface area contributed by atoms with Gasteiger partial charge in [0, 0.05) is 12.3 Å². The quantitative estimate of drug-likeness (QED) is 0.471. The van der Waals surface area contributed by atoms with Gasteiger partial charge in [0.25, 0.3) is 0 Å². The van der Waals surface area contributed by atoms with E-state index in [9.17, 15) is 19.5 Å². The summed E-state index contributed by atoms with van der Waals surface area (Å²) in [5.41, 5.74) is 2.55. The Morgan fingerprint density at radius 2 is 1.60 bits per heavy atom. The van der Waals surface area contributed by atoms with Gasteiger partial charge in [0.2, 0.25) is 5.91 Å². The Kier molecular flexibility index (Phi) is 7.15. The molecule has 1 saturated carbocycles. The number of carbonyl (C=O) groups is 3. The fourth-order valence-corrected chi connectivity index (χ4v) is 5.63. The van der Waals surface area contributed by atoms with Crippen LogP contribution in [0.25, 0.3) is 11.1 Å². The molecule has 0 aliphatic heterocycles. The minimum absolute atomic E-state index is 0.0315. The lowest BCUT2D eigenvalue weighted by atomic mass is 9.91. The van der Waals surface area contributed by atoms with Gasteiger partial charge in [0.1, 0.15) is 12.1 Å². The first-order valence-corrected chi connectivity index (χ1v) is 12.4. The van der Waals surface area contributed by atoms with Gasteiger partial charge in [0.15, 0.2) is 0 Å². The molecule has 2 aliphatic carbocycles. The van der Waals surface area contributed by atoms with Gasteiger partial charge in [-0.25, -0.2) is 9.59 Å². The maximum atomic E-state index is 12.9. The standard InChI is InChI=1S/C28H34N2O5/c1-3-14-27(2,25(32)33)29-24(31)17-28(15-8-9-16-28)30-26(34)35-18-23-21-12-6-4-10-19(21)20-11-5-7-13-22(20)23/h4-7,10-13,23H,3,8-9,14-18H2,1-2H3,(H,29,31)(H,30,34)(H,32,33). The number of carboxylic acids is 1. The second-order valence-electron chi connectivity index (χ2n) is 10.1. The van der Waals surface area contributed by atoms with E-state index in [-0.39, 0.29) is 24.9 Å². The largest absolute Gasteiger partial charge is 0.480 e. The number of alkyl carbamates (subject to hydrolysis) is 1. The molecule has 0 spiro atoms. The lowest BCUT2D eigenvalue weighted by Gasteiger charge is -2.32. The number of nitrogens with one attached hydrogen (secondary N) is 2. The summed E-state index contributed by atoms with van der Waals surface area (Å²) in [4.78, 5) is 37.5. The van der Waals surface area contributed by atoms with Crippen molar-refractivity contribution in [2.24, 2.45) is 0 Å². The van der Waals surface area contributed by atoms with Gasteiger partial charge in [-0.15, -0.1) is 0 Å². The summed E-state index contributed by atoms with van der Waals surface area (Å²) < 4.78 is 5.71. The van der Waals surface area contributed by atoms with Crippen LogP contribution in [0, 0.1) is 0 Å². The first kappa shape index (κ1) is 24.8. The molecule has 186 valence electrons. The zero-order chi connectivity index (χ0) is 25.1. The number of aliphatic carboxylic acids is 1. The molecule has 7 nitrogen and oxygen atoms in total. The van der Waals surface area contributed by atoms with Crippen molar-refractivity contribution in [1.82, 2.24) is 10.6 Å². The molecule has 2 aromatic carbocycles. The predicted molar refractivity (Wildman–Crippen MR) is 133 cm³/mol. The van der Waals surface area contributed by atoms with Crippen molar-refractivity contribution < 1.29 is 24.2 Å². The number of amides is 2. The van der Waals surface area contributed by atoms with Crippen molar-refractivity contribution in [3.05, 3.63) is 59.7 Å². The van der Waals surface area contributed by atoms with Crippen molar-refractivity contribution in [1.29, 1.82) is 0 Å². The average molecular weight is 479 g/mol. The van der Waals surface area contributed by atoms with Crippen LogP contribution in [0.5, 0.6) is 0 Å². The van der Waals surface area contributed by atoms with Gasteiger partial charge >= 0.3 is 12.1 Å². The van der Waals surface area contributed by atoms with Gasteiger partial charge in [-0.2, -0.15) is 0 Å². The Morgan fingerprint density at radius 3 is 2.14 bits per heavy atom. The van der Waals surface area contributed by atoms with Crippen molar-refractivity contribution in [2.75, 3.05) is 6.61 Å². The van der Waals surface area contributed by atoms with Gasteiger partial charge in [-0.3, -0.25) is 4.79 Å². The minimum Gasteiger partial charge on any atom is -0.480 e. The average Bonchev–Trinajstić information content (AvgIpc) is 3.40. The van der Waals surface area contributed by atoms with E-state index >= 15 is 0 Å². The van der Waals surface area contributed by atoms with Crippen LogP contribution in [0.4, 0.5) is 4.79 Å². The number of carboxylic acid groups (broad SMARTS) is 1. The highest BCUT2D eigenvalue weighted by Crippen LogP contribution is 2.44.